The molecule has 4 nitrogen and oxygen atoms in total. The zero-order chi connectivity index (χ0) is 9.19. The van der Waals surface area contributed by atoms with Gasteiger partial charge >= 0.3 is 5.97 Å². The van der Waals surface area contributed by atoms with E-state index in [1.165, 1.54) is 7.11 Å². The molecule has 1 atom stereocenters. The third kappa shape index (κ3) is 1.44. The average molecular weight is 172 g/mol. The van der Waals surface area contributed by atoms with E-state index in [9.17, 15) is 4.79 Å². The van der Waals surface area contributed by atoms with Gasteiger partial charge in [0.2, 0.25) is 0 Å². The quantitative estimate of drug-likeness (QED) is 0.568. The number of esters is 1. The summed E-state index contributed by atoms with van der Waals surface area (Å²) >= 11 is 0. The van der Waals surface area contributed by atoms with Gasteiger partial charge in [-0.15, -0.1) is 0 Å². The molecule has 1 N–H and O–H groups in total. The summed E-state index contributed by atoms with van der Waals surface area (Å²) in [4.78, 5) is 13.5. The first kappa shape index (κ1) is 9.48. The van der Waals surface area contributed by atoms with Gasteiger partial charge in [-0.3, -0.25) is 4.79 Å². The Morgan fingerprint density at radius 1 is 1.67 bits per heavy atom. The Hall–Kier alpha value is -0.610. The maximum Gasteiger partial charge on any atom is 0.327 e. The van der Waals surface area contributed by atoms with E-state index < -0.39 is 5.54 Å². The van der Waals surface area contributed by atoms with E-state index in [1.807, 2.05) is 7.05 Å². The van der Waals surface area contributed by atoms with Crippen molar-refractivity contribution in [2.75, 3.05) is 34.3 Å². The van der Waals surface area contributed by atoms with Crippen molar-refractivity contribution in [1.29, 1.82) is 0 Å². The molecule has 0 amide bonds. The molecule has 70 valence electrons. The minimum atomic E-state index is -0.469. The van der Waals surface area contributed by atoms with Crippen LogP contribution in [0.25, 0.3) is 0 Å². The van der Waals surface area contributed by atoms with Crippen LogP contribution in [0.15, 0.2) is 0 Å². The fourth-order valence-electron chi connectivity index (χ4n) is 1.67. The van der Waals surface area contributed by atoms with E-state index in [0.29, 0.717) is 0 Å². The van der Waals surface area contributed by atoms with Gasteiger partial charge in [0.15, 0.2) is 0 Å². The van der Waals surface area contributed by atoms with E-state index in [4.69, 9.17) is 4.74 Å². The summed E-state index contributed by atoms with van der Waals surface area (Å²) < 4.78 is 4.75. The molecular formula is C8H16N2O2. The second-order valence-electron chi connectivity index (χ2n) is 3.31. The Balaban J connectivity index is 2.70. The van der Waals surface area contributed by atoms with Crippen molar-refractivity contribution in [3.05, 3.63) is 0 Å². The standard InChI is InChI=1S/C8H16N2O2/c1-9-8(7(11)12-3)4-5-10(2)6-8/h9H,4-6H2,1-3H3. The number of nitrogens with zero attached hydrogens (tertiary/aromatic N) is 1. The molecule has 0 spiro atoms. The maximum absolute atomic E-state index is 11.4. The lowest BCUT2D eigenvalue weighted by Crippen LogP contribution is -2.52. The van der Waals surface area contributed by atoms with Crippen LogP contribution in [-0.4, -0.2) is 50.7 Å². The molecule has 0 aromatic rings. The van der Waals surface area contributed by atoms with Crippen LogP contribution in [0, 0.1) is 0 Å². The molecule has 0 aromatic carbocycles. The minimum absolute atomic E-state index is 0.158. The molecule has 1 heterocycles. The highest BCUT2D eigenvalue weighted by Crippen LogP contribution is 2.20. The van der Waals surface area contributed by atoms with Crippen molar-refractivity contribution in [3.8, 4) is 0 Å². The van der Waals surface area contributed by atoms with Crippen LogP contribution >= 0.6 is 0 Å². The highest BCUT2D eigenvalue weighted by molar-refractivity contribution is 5.81. The number of ether oxygens (including phenoxy) is 1. The van der Waals surface area contributed by atoms with Crippen molar-refractivity contribution in [2.24, 2.45) is 0 Å². The van der Waals surface area contributed by atoms with Gasteiger partial charge in [-0.25, -0.2) is 0 Å². The number of hydrogen-bond acceptors (Lipinski definition) is 4. The predicted molar refractivity (Wildman–Crippen MR) is 45.9 cm³/mol. The average Bonchev–Trinajstić information content (AvgIpc) is 2.47. The number of likely N-dealkylation sites (N-methyl/N-ethyl adjacent to an activating group) is 2. The summed E-state index contributed by atoms with van der Waals surface area (Å²) in [6, 6.07) is 0. The predicted octanol–water partition coefficient (Wildman–Crippen LogP) is -0.547. The van der Waals surface area contributed by atoms with Crippen molar-refractivity contribution in [2.45, 2.75) is 12.0 Å². The Bertz CT molecular complexity index is 184. The molecular weight excluding hydrogens is 156 g/mol. The van der Waals surface area contributed by atoms with E-state index >= 15 is 0 Å². The first-order valence-corrected chi connectivity index (χ1v) is 4.10. The molecule has 0 saturated carbocycles. The van der Waals surface area contributed by atoms with Crippen LogP contribution in [0.1, 0.15) is 6.42 Å². The molecule has 0 bridgehead atoms. The smallest absolute Gasteiger partial charge is 0.327 e. The molecule has 4 heteroatoms. The van der Waals surface area contributed by atoms with Crippen molar-refractivity contribution in [1.82, 2.24) is 10.2 Å². The fraction of sp³-hybridized carbons (Fsp3) is 0.875. The molecule has 1 aliphatic rings. The first-order chi connectivity index (χ1) is 5.64. The normalized spacial score (nSPS) is 30.6. The summed E-state index contributed by atoms with van der Waals surface area (Å²) in [6.07, 6.45) is 0.826. The van der Waals surface area contributed by atoms with Gasteiger partial charge in [0.05, 0.1) is 7.11 Å². The van der Waals surface area contributed by atoms with Crippen LogP contribution < -0.4 is 5.32 Å². The Kier molecular flexibility index (Phi) is 2.69. The number of likely N-dealkylation sites (tertiary alicyclic amines) is 1. The number of hydrogen-bond donors (Lipinski definition) is 1. The van der Waals surface area contributed by atoms with Gasteiger partial charge < -0.3 is 15.0 Å². The van der Waals surface area contributed by atoms with Crippen molar-refractivity contribution < 1.29 is 9.53 Å². The topological polar surface area (TPSA) is 41.6 Å². The van der Waals surface area contributed by atoms with Gasteiger partial charge in [0.1, 0.15) is 5.54 Å². The third-order valence-corrected chi connectivity index (χ3v) is 2.51. The molecule has 1 unspecified atom stereocenters. The maximum atomic E-state index is 11.4. The molecule has 0 aliphatic carbocycles. The largest absolute Gasteiger partial charge is 0.468 e. The van der Waals surface area contributed by atoms with E-state index in [2.05, 4.69) is 10.2 Å². The fourth-order valence-corrected chi connectivity index (χ4v) is 1.67. The molecule has 1 fully saturated rings. The Morgan fingerprint density at radius 2 is 2.33 bits per heavy atom. The molecule has 0 aromatic heterocycles. The number of carbonyl (C=O) groups is 1. The van der Waals surface area contributed by atoms with Gasteiger partial charge in [-0.05, 0) is 20.5 Å². The minimum Gasteiger partial charge on any atom is -0.468 e. The van der Waals surface area contributed by atoms with Gasteiger partial charge in [-0.1, -0.05) is 0 Å². The molecule has 1 aliphatic heterocycles. The first-order valence-electron chi connectivity index (χ1n) is 4.10. The molecule has 12 heavy (non-hydrogen) atoms. The van der Waals surface area contributed by atoms with E-state index in [-0.39, 0.29) is 5.97 Å². The number of carbonyl (C=O) groups excluding carboxylic acids is 1. The Morgan fingerprint density at radius 3 is 2.67 bits per heavy atom. The van der Waals surface area contributed by atoms with Crippen LogP contribution in [-0.2, 0) is 9.53 Å². The van der Waals surface area contributed by atoms with Crippen LogP contribution in [0.4, 0.5) is 0 Å². The lowest BCUT2D eigenvalue weighted by Gasteiger charge is -2.24. The summed E-state index contributed by atoms with van der Waals surface area (Å²) in [5.41, 5.74) is -0.469. The number of methoxy groups -OCH3 is 1. The lowest BCUT2D eigenvalue weighted by molar-refractivity contribution is -0.147. The number of rotatable bonds is 2. The van der Waals surface area contributed by atoms with Crippen molar-refractivity contribution >= 4 is 5.97 Å². The second kappa shape index (κ2) is 3.41. The van der Waals surface area contributed by atoms with Gasteiger partial charge in [0, 0.05) is 13.1 Å². The summed E-state index contributed by atoms with van der Waals surface area (Å²) in [5.74, 6) is -0.158. The SMILES string of the molecule is CNC1(C(=O)OC)CCN(C)C1. The van der Waals surface area contributed by atoms with E-state index in [0.717, 1.165) is 19.5 Å². The van der Waals surface area contributed by atoms with Crippen LogP contribution in [0.5, 0.6) is 0 Å². The van der Waals surface area contributed by atoms with Gasteiger partial charge in [0.25, 0.3) is 0 Å². The monoisotopic (exact) mass is 172 g/mol. The Labute approximate surface area is 72.9 Å². The highest BCUT2D eigenvalue weighted by Gasteiger charge is 2.43. The molecule has 1 rings (SSSR count). The highest BCUT2D eigenvalue weighted by atomic mass is 16.5. The summed E-state index contributed by atoms with van der Waals surface area (Å²) in [5, 5.41) is 3.04. The van der Waals surface area contributed by atoms with Gasteiger partial charge in [-0.2, -0.15) is 0 Å². The second-order valence-corrected chi connectivity index (χ2v) is 3.31. The summed E-state index contributed by atoms with van der Waals surface area (Å²) in [7, 11) is 5.23. The number of nitrogens with one attached hydrogen (secondary N) is 1. The van der Waals surface area contributed by atoms with Crippen molar-refractivity contribution in [3.63, 3.8) is 0 Å². The zero-order valence-corrected chi connectivity index (χ0v) is 7.89. The zero-order valence-electron chi connectivity index (χ0n) is 7.89. The third-order valence-electron chi connectivity index (χ3n) is 2.51. The lowest BCUT2D eigenvalue weighted by atomic mass is 9.99. The molecule has 1 saturated heterocycles. The molecule has 0 radical (unpaired) electrons. The van der Waals surface area contributed by atoms with Crippen LogP contribution in [0.3, 0.4) is 0 Å². The van der Waals surface area contributed by atoms with Crippen LogP contribution in [0.2, 0.25) is 0 Å². The van der Waals surface area contributed by atoms with E-state index in [1.54, 1.807) is 7.05 Å². The summed E-state index contributed by atoms with van der Waals surface area (Å²) in [6.45, 7) is 1.67.